The molecule has 0 bridgehead atoms. The Bertz CT molecular complexity index is 1120. The van der Waals surface area contributed by atoms with Crippen molar-refractivity contribution >= 4 is 43.3 Å². The molecule has 2 aromatic carbocycles. The first kappa shape index (κ1) is 24.9. The van der Waals surface area contributed by atoms with E-state index in [4.69, 9.17) is 4.74 Å². The number of anilines is 1. The number of amides is 1. The van der Waals surface area contributed by atoms with E-state index in [1.54, 1.807) is 18.9 Å². The van der Waals surface area contributed by atoms with E-state index >= 15 is 0 Å². The Hall–Kier alpha value is -1.73. The van der Waals surface area contributed by atoms with Crippen LogP contribution in [-0.2, 0) is 16.0 Å². The second kappa shape index (κ2) is 11.1. The number of β-amino-alcohol motifs (C(OH)–C–C–N with tert-alkyl or cyclic N) is 1. The smallest absolute Gasteiger partial charge is 0.234 e. The number of methoxy groups -OCH3 is 1. The van der Waals surface area contributed by atoms with E-state index in [2.05, 4.69) is 64.5 Å². The molecule has 1 saturated heterocycles. The number of thioether (sulfide) groups is 1. The molecule has 35 heavy (non-hydrogen) atoms. The number of aliphatic hydroxyl groups is 1. The second-order valence-electron chi connectivity index (χ2n) is 9.50. The normalized spacial score (nSPS) is 22.0. The zero-order chi connectivity index (χ0) is 24.4. The highest BCUT2D eigenvalue weighted by molar-refractivity contribution is 8.00. The number of fused-ring (bicyclic) bond motifs is 2. The Balaban J connectivity index is 1.13. The first-order valence-corrected chi connectivity index (χ1v) is 14.4. The van der Waals surface area contributed by atoms with E-state index in [9.17, 15) is 9.90 Å². The Morgan fingerprint density at radius 3 is 2.80 bits per heavy atom. The number of ether oxygens (including phenoxy) is 1. The average Bonchev–Trinajstić information content (AvgIpc) is 2.88. The number of carbonyl (C=O) groups excluding carboxylic acids is 1. The number of nitrogens with zero attached hydrogens (tertiary/aromatic N) is 2. The van der Waals surface area contributed by atoms with Crippen molar-refractivity contribution < 1.29 is 14.6 Å². The van der Waals surface area contributed by atoms with Crippen molar-refractivity contribution in [2.24, 2.45) is 0 Å². The fraction of sp³-hybridized carbons (Fsp3) is 0.444. The van der Waals surface area contributed by atoms with E-state index < -0.39 is 6.10 Å². The summed E-state index contributed by atoms with van der Waals surface area (Å²) in [6.07, 6.45) is 4.76. The van der Waals surface area contributed by atoms with Crippen molar-refractivity contribution in [3.05, 3.63) is 58.7 Å². The third kappa shape index (κ3) is 5.82. The highest BCUT2D eigenvalue weighted by atomic mass is 32.2. The molecule has 5 rings (SSSR count). The van der Waals surface area contributed by atoms with Gasteiger partial charge in [-0.15, -0.1) is 11.8 Å². The van der Waals surface area contributed by atoms with Gasteiger partial charge in [0, 0.05) is 51.3 Å². The third-order valence-corrected chi connectivity index (χ3v) is 9.76. The van der Waals surface area contributed by atoms with E-state index in [1.165, 1.54) is 22.0 Å². The number of piperazine rings is 1. The summed E-state index contributed by atoms with van der Waals surface area (Å²) in [5.41, 5.74) is 5.77. The SMILES string of the molecule is COC1C=Cc2c(C)ccc(C(O)CN3CCN(CCc4ccc5c(c4)NC(=O)CS5)CC3)c2P1. The molecule has 3 heterocycles. The summed E-state index contributed by atoms with van der Waals surface area (Å²) in [5.74, 6) is 0.687. The van der Waals surface area contributed by atoms with Crippen LogP contribution < -0.4 is 10.6 Å². The largest absolute Gasteiger partial charge is 0.387 e. The number of hydrogen-bond donors (Lipinski definition) is 2. The maximum absolute atomic E-state index is 11.7. The number of benzene rings is 2. The quantitative estimate of drug-likeness (QED) is 0.557. The van der Waals surface area contributed by atoms with Gasteiger partial charge in [0.2, 0.25) is 5.91 Å². The summed E-state index contributed by atoms with van der Waals surface area (Å²) in [4.78, 5) is 17.7. The van der Waals surface area contributed by atoms with E-state index in [1.807, 2.05) is 0 Å². The summed E-state index contributed by atoms with van der Waals surface area (Å²) in [6, 6.07) is 10.7. The maximum Gasteiger partial charge on any atom is 0.234 e. The molecule has 3 aliphatic rings. The van der Waals surface area contributed by atoms with Crippen molar-refractivity contribution in [1.29, 1.82) is 0 Å². The Morgan fingerprint density at radius 1 is 1.20 bits per heavy atom. The minimum absolute atomic E-state index is 0.0829. The van der Waals surface area contributed by atoms with Crippen molar-refractivity contribution in [3.63, 3.8) is 0 Å². The molecular formula is C27H34N3O3PS. The lowest BCUT2D eigenvalue weighted by atomic mass is 10.00. The molecule has 2 aromatic rings. The molecule has 1 amide bonds. The van der Waals surface area contributed by atoms with Gasteiger partial charge in [-0.25, -0.2) is 0 Å². The Kier molecular flexibility index (Phi) is 7.92. The third-order valence-electron chi connectivity index (χ3n) is 7.12. The zero-order valence-electron chi connectivity index (χ0n) is 20.4. The molecular weight excluding hydrogens is 477 g/mol. The lowest BCUT2D eigenvalue weighted by molar-refractivity contribution is -0.113. The van der Waals surface area contributed by atoms with Crippen molar-refractivity contribution in [1.82, 2.24) is 9.80 Å². The van der Waals surface area contributed by atoms with Crippen LogP contribution in [0.3, 0.4) is 0 Å². The molecule has 0 aliphatic carbocycles. The monoisotopic (exact) mass is 511 g/mol. The summed E-state index contributed by atoms with van der Waals surface area (Å²) < 4.78 is 5.58. The minimum atomic E-state index is -0.490. The van der Waals surface area contributed by atoms with Gasteiger partial charge < -0.3 is 20.1 Å². The number of aliphatic hydroxyl groups excluding tert-OH is 1. The van der Waals surface area contributed by atoms with Gasteiger partial charge in [-0.2, -0.15) is 0 Å². The Labute approximate surface area is 213 Å². The van der Waals surface area contributed by atoms with Crippen LogP contribution in [0, 0.1) is 6.92 Å². The van der Waals surface area contributed by atoms with Gasteiger partial charge in [0.1, 0.15) is 0 Å². The van der Waals surface area contributed by atoms with Crippen LogP contribution in [0.2, 0.25) is 0 Å². The molecule has 3 atom stereocenters. The number of aryl methyl sites for hydroxylation is 1. The lowest BCUT2D eigenvalue weighted by Crippen LogP contribution is -2.48. The van der Waals surface area contributed by atoms with E-state index in [0.717, 1.165) is 55.3 Å². The highest BCUT2D eigenvalue weighted by Gasteiger charge is 2.25. The van der Waals surface area contributed by atoms with Gasteiger partial charge in [-0.1, -0.05) is 38.9 Å². The van der Waals surface area contributed by atoms with Crippen molar-refractivity contribution in [2.75, 3.05) is 57.4 Å². The fourth-order valence-corrected chi connectivity index (χ4v) is 7.25. The molecule has 0 spiro atoms. The van der Waals surface area contributed by atoms with Crippen LogP contribution >= 0.6 is 20.3 Å². The average molecular weight is 512 g/mol. The lowest BCUT2D eigenvalue weighted by Gasteiger charge is -2.36. The van der Waals surface area contributed by atoms with Crippen molar-refractivity contribution in [3.8, 4) is 0 Å². The standard InChI is InChI=1S/C27H34N3O3PS/c1-18-3-5-21(27-20(18)6-8-26(33-2)34-27)23(31)16-30-13-11-29(12-14-30)10-9-19-4-7-24-22(15-19)28-25(32)17-35-24/h3-8,15,23,26,31,34H,9-14,16-17H2,1-2H3,(H,28,32). The molecule has 2 N–H and O–H groups in total. The number of carbonyl (C=O) groups is 1. The molecule has 8 heteroatoms. The van der Waals surface area contributed by atoms with E-state index in [0.29, 0.717) is 20.9 Å². The van der Waals surface area contributed by atoms with Gasteiger partial charge in [-0.05, 0) is 53.0 Å². The van der Waals surface area contributed by atoms with Gasteiger partial charge >= 0.3 is 0 Å². The Morgan fingerprint density at radius 2 is 2.00 bits per heavy atom. The van der Waals surface area contributed by atoms with Crippen LogP contribution in [0.4, 0.5) is 5.69 Å². The van der Waals surface area contributed by atoms with Gasteiger partial charge in [-0.3, -0.25) is 9.69 Å². The molecule has 6 nitrogen and oxygen atoms in total. The van der Waals surface area contributed by atoms with E-state index in [-0.39, 0.29) is 11.8 Å². The van der Waals surface area contributed by atoms with Gasteiger partial charge in [0.25, 0.3) is 0 Å². The topological polar surface area (TPSA) is 65.0 Å². The number of hydrogen-bond acceptors (Lipinski definition) is 6. The van der Waals surface area contributed by atoms with Crippen molar-refractivity contribution in [2.45, 2.75) is 30.2 Å². The summed E-state index contributed by atoms with van der Waals surface area (Å²) in [5, 5.41) is 15.4. The number of rotatable bonds is 7. The molecule has 186 valence electrons. The molecule has 3 aliphatic heterocycles. The first-order chi connectivity index (χ1) is 17.0. The molecule has 1 fully saturated rings. The first-order valence-electron chi connectivity index (χ1n) is 12.3. The summed E-state index contributed by atoms with van der Waals surface area (Å²) in [7, 11) is 2.28. The van der Waals surface area contributed by atoms with Crippen LogP contribution in [0.5, 0.6) is 0 Å². The predicted octanol–water partition coefficient (Wildman–Crippen LogP) is 3.24. The van der Waals surface area contributed by atoms with Crippen LogP contribution in [0.25, 0.3) is 6.08 Å². The van der Waals surface area contributed by atoms with Crippen LogP contribution in [0.15, 0.2) is 41.3 Å². The fourth-order valence-electron chi connectivity index (χ4n) is 5.02. The van der Waals surface area contributed by atoms with Crippen LogP contribution in [-0.4, -0.2) is 78.8 Å². The predicted molar refractivity (Wildman–Crippen MR) is 146 cm³/mol. The minimum Gasteiger partial charge on any atom is -0.387 e. The second-order valence-corrected chi connectivity index (χ2v) is 11.9. The molecule has 3 unspecified atom stereocenters. The molecule has 0 radical (unpaired) electrons. The molecule has 0 saturated carbocycles. The number of nitrogens with one attached hydrogen (secondary N) is 1. The highest BCUT2D eigenvalue weighted by Crippen LogP contribution is 2.34. The molecule has 0 aromatic heterocycles. The van der Waals surface area contributed by atoms with Gasteiger partial charge in [0.15, 0.2) is 0 Å². The maximum atomic E-state index is 11.7. The van der Waals surface area contributed by atoms with Gasteiger partial charge in [0.05, 0.1) is 23.4 Å². The summed E-state index contributed by atoms with van der Waals surface area (Å²) >= 11 is 1.61. The zero-order valence-corrected chi connectivity index (χ0v) is 22.2. The van der Waals surface area contributed by atoms with Crippen LogP contribution in [0.1, 0.15) is 28.4 Å². The summed E-state index contributed by atoms with van der Waals surface area (Å²) in [6.45, 7) is 7.75.